The van der Waals surface area contributed by atoms with Gasteiger partial charge in [0.25, 0.3) is 0 Å². The Labute approximate surface area is 190 Å². The fraction of sp³-hybridized carbons (Fsp3) is 0.320. The van der Waals surface area contributed by atoms with E-state index in [1.54, 1.807) is 45.0 Å². The summed E-state index contributed by atoms with van der Waals surface area (Å²) < 4.78 is 40.6. The average Bonchev–Trinajstić information content (AvgIpc) is 2.73. The number of ketones is 1. The molecule has 1 unspecified atom stereocenters. The first-order valence-electron chi connectivity index (χ1n) is 10.6. The summed E-state index contributed by atoms with van der Waals surface area (Å²) >= 11 is 0. The zero-order valence-corrected chi connectivity index (χ0v) is 19.2. The lowest BCUT2D eigenvalue weighted by Gasteiger charge is -2.22. The molecule has 0 fully saturated rings. The van der Waals surface area contributed by atoms with Crippen LogP contribution in [0.3, 0.4) is 0 Å². The summed E-state index contributed by atoms with van der Waals surface area (Å²) in [5.41, 5.74) is -1.06. The molecule has 0 spiro atoms. The van der Waals surface area contributed by atoms with Gasteiger partial charge in [0, 0.05) is 22.7 Å². The molecule has 6 nitrogen and oxygen atoms in total. The van der Waals surface area contributed by atoms with Crippen LogP contribution in [0.15, 0.2) is 42.6 Å². The molecule has 1 heterocycles. The van der Waals surface area contributed by atoms with Crippen molar-refractivity contribution in [2.75, 3.05) is 6.61 Å². The van der Waals surface area contributed by atoms with E-state index in [2.05, 4.69) is 10.3 Å². The lowest BCUT2D eigenvalue weighted by atomic mass is 9.95. The Morgan fingerprint density at radius 1 is 1.03 bits per heavy atom. The van der Waals surface area contributed by atoms with Crippen LogP contribution in [-0.2, 0) is 4.74 Å². The number of rotatable bonds is 6. The number of nitrogens with one attached hydrogen (secondary N) is 1. The van der Waals surface area contributed by atoms with Crippen LogP contribution in [0.2, 0.25) is 0 Å². The number of pyridine rings is 1. The highest BCUT2D eigenvalue weighted by molar-refractivity contribution is 6.17. The molecule has 3 rings (SSSR count). The van der Waals surface area contributed by atoms with E-state index in [0.717, 1.165) is 0 Å². The normalized spacial score (nSPS) is 12.3. The van der Waals surface area contributed by atoms with Crippen LogP contribution in [0.25, 0.3) is 10.8 Å². The van der Waals surface area contributed by atoms with Crippen molar-refractivity contribution in [2.45, 2.75) is 46.3 Å². The van der Waals surface area contributed by atoms with E-state index >= 15 is 0 Å². The van der Waals surface area contributed by atoms with Gasteiger partial charge >= 0.3 is 6.09 Å². The van der Waals surface area contributed by atoms with E-state index in [0.29, 0.717) is 23.3 Å². The van der Waals surface area contributed by atoms with Gasteiger partial charge in [-0.15, -0.1) is 0 Å². The van der Waals surface area contributed by atoms with Gasteiger partial charge < -0.3 is 14.8 Å². The molecule has 0 aliphatic rings. The van der Waals surface area contributed by atoms with Gasteiger partial charge in [-0.2, -0.15) is 0 Å². The number of ether oxygens (including phenoxy) is 2. The average molecular weight is 456 g/mol. The minimum Gasteiger partial charge on any atom is -0.478 e. The fourth-order valence-electron chi connectivity index (χ4n) is 3.41. The Balaban J connectivity index is 1.94. The molecule has 8 heteroatoms. The Kier molecular flexibility index (Phi) is 6.95. The van der Waals surface area contributed by atoms with Crippen LogP contribution in [-0.4, -0.2) is 29.1 Å². The van der Waals surface area contributed by atoms with Gasteiger partial charge in [-0.25, -0.2) is 18.6 Å². The van der Waals surface area contributed by atoms with E-state index < -0.39 is 40.7 Å². The van der Waals surface area contributed by atoms with E-state index in [1.807, 2.05) is 6.92 Å². The van der Waals surface area contributed by atoms with Crippen LogP contribution in [0.1, 0.15) is 62.1 Å². The first-order valence-corrected chi connectivity index (χ1v) is 10.6. The van der Waals surface area contributed by atoms with Gasteiger partial charge in [-0.1, -0.05) is 18.2 Å². The van der Waals surface area contributed by atoms with E-state index in [9.17, 15) is 18.4 Å². The van der Waals surface area contributed by atoms with Crippen LogP contribution in [0, 0.1) is 11.6 Å². The highest BCUT2D eigenvalue weighted by Crippen LogP contribution is 2.29. The maximum atomic E-state index is 15.0. The Bertz CT molecular complexity index is 1200. The van der Waals surface area contributed by atoms with Gasteiger partial charge in [-0.3, -0.25) is 4.79 Å². The highest BCUT2D eigenvalue weighted by atomic mass is 19.2. The zero-order valence-electron chi connectivity index (χ0n) is 19.2. The third-order valence-corrected chi connectivity index (χ3v) is 4.85. The summed E-state index contributed by atoms with van der Waals surface area (Å²) in [6.07, 6.45) is 0.734. The molecule has 1 amide bonds. The predicted octanol–water partition coefficient (Wildman–Crippen LogP) is 5.73. The minimum atomic E-state index is -1.29. The van der Waals surface area contributed by atoms with Gasteiger partial charge in [-0.05, 0) is 58.2 Å². The van der Waals surface area contributed by atoms with Crippen LogP contribution in [0.4, 0.5) is 13.6 Å². The summed E-state index contributed by atoms with van der Waals surface area (Å²) in [7, 11) is 0. The molecule has 174 valence electrons. The second-order valence-corrected chi connectivity index (χ2v) is 8.48. The number of fused-ring (bicyclic) bond motifs is 1. The Morgan fingerprint density at radius 3 is 2.42 bits per heavy atom. The SMILES string of the molecule is CCOc1nccc2c(C(=O)c3ccc(C(C)NC(=O)OC(C)(C)C)c(F)c3F)cccc12. The van der Waals surface area contributed by atoms with E-state index in [4.69, 9.17) is 9.47 Å². The standard InChI is InChI=1S/C25H26F2N2O4/c1-6-32-23-18-9-7-8-17(16(18)12-13-28-23)22(30)19-11-10-15(20(26)21(19)27)14(2)29-24(31)33-25(3,4)5/h7-14H,6H2,1-5H3,(H,29,31). The molecule has 0 aliphatic heterocycles. The molecule has 0 aliphatic carbocycles. The van der Waals surface area contributed by atoms with Crippen molar-refractivity contribution in [3.8, 4) is 5.88 Å². The second-order valence-electron chi connectivity index (χ2n) is 8.48. The zero-order chi connectivity index (χ0) is 24.3. The van der Waals surface area contributed by atoms with Crippen molar-refractivity contribution in [1.29, 1.82) is 0 Å². The molecule has 1 aromatic heterocycles. The summed E-state index contributed by atoms with van der Waals surface area (Å²) in [5.74, 6) is -2.81. The molecule has 0 saturated carbocycles. The molecule has 2 aromatic carbocycles. The van der Waals surface area contributed by atoms with Crippen molar-refractivity contribution < 1.29 is 27.8 Å². The smallest absolute Gasteiger partial charge is 0.408 e. The Morgan fingerprint density at radius 2 is 1.76 bits per heavy atom. The van der Waals surface area contributed by atoms with E-state index in [-0.39, 0.29) is 11.1 Å². The number of carbonyl (C=O) groups excluding carboxylic acids is 2. The van der Waals surface area contributed by atoms with Crippen molar-refractivity contribution in [2.24, 2.45) is 0 Å². The largest absolute Gasteiger partial charge is 0.478 e. The molecule has 1 N–H and O–H groups in total. The number of carbonyl (C=O) groups is 2. The quantitative estimate of drug-likeness (QED) is 0.480. The minimum absolute atomic E-state index is 0.101. The molecule has 0 bridgehead atoms. The lowest BCUT2D eigenvalue weighted by molar-refractivity contribution is 0.0506. The first kappa shape index (κ1) is 24.1. The summed E-state index contributed by atoms with van der Waals surface area (Å²) in [4.78, 5) is 29.3. The monoisotopic (exact) mass is 456 g/mol. The predicted molar refractivity (Wildman–Crippen MR) is 120 cm³/mol. The number of halogens is 2. The lowest BCUT2D eigenvalue weighted by Crippen LogP contribution is -2.34. The van der Waals surface area contributed by atoms with Crippen molar-refractivity contribution in [3.05, 3.63) is 70.9 Å². The molecule has 3 aromatic rings. The number of alkyl carbamates (subject to hydrolysis) is 1. The van der Waals surface area contributed by atoms with Crippen LogP contribution >= 0.6 is 0 Å². The highest BCUT2D eigenvalue weighted by Gasteiger charge is 2.25. The number of benzene rings is 2. The van der Waals surface area contributed by atoms with Crippen molar-refractivity contribution in [1.82, 2.24) is 10.3 Å². The molecule has 33 heavy (non-hydrogen) atoms. The van der Waals surface area contributed by atoms with Crippen LogP contribution in [0.5, 0.6) is 5.88 Å². The number of aromatic nitrogens is 1. The number of hydrogen-bond acceptors (Lipinski definition) is 5. The summed E-state index contributed by atoms with van der Waals surface area (Å²) in [5, 5.41) is 3.58. The number of amides is 1. The van der Waals surface area contributed by atoms with Gasteiger partial charge in [0.15, 0.2) is 17.4 Å². The maximum Gasteiger partial charge on any atom is 0.408 e. The molecule has 1 atom stereocenters. The van der Waals surface area contributed by atoms with Crippen LogP contribution < -0.4 is 10.1 Å². The second kappa shape index (κ2) is 9.52. The van der Waals surface area contributed by atoms with Crippen molar-refractivity contribution >= 4 is 22.6 Å². The van der Waals surface area contributed by atoms with E-state index in [1.165, 1.54) is 25.3 Å². The maximum absolute atomic E-state index is 15.0. The molecule has 0 radical (unpaired) electrons. The molecular formula is C25H26F2N2O4. The third-order valence-electron chi connectivity index (χ3n) is 4.85. The summed E-state index contributed by atoms with van der Waals surface area (Å²) in [6, 6.07) is 8.16. The topological polar surface area (TPSA) is 77.5 Å². The third kappa shape index (κ3) is 5.27. The van der Waals surface area contributed by atoms with Crippen molar-refractivity contribution in [3.63, 3.8) is 0 Å². The Hall–Kier alpha value is -3.55. The van der Waals surface area contributed by atoms with Gasteiger partial charge in [0.1, 0.15) is 5.60 Å². The van der Waals surface area contributed by atoms with Gasteiger partial charge in [0.2, 0.25) is 5.88 Å². The van der Waals surface area contributed by atoms with Gasteiger partial charge in [0.05, 0.1) is 18.2 Å². The number of nitrogens with zero attached hydrogens (tertiary/aromatic N) is 1. The summed E-state index contributed by atoms with van der Waals surface area (Å²) in [6.45, 7) is 8.78. The number of hydrogen-bond donors (Lipinski definition) is 1. The fourth-order valence-corrected chi connectivity index (χ4v) is 3.41. The molecule has 0 saturated heterocycles. The first-order chi connectivity index (χ1) is 15.5. The molecular weight excluding hydrogens is 430 g/mol.